The van der Waals surface area contributed by atoms with E-state index in [2.05, 4.69) is 5.32 Å². The second-order valence-electron chi connectivity index (χ2n) is 6.27. The Morgan fingerprint density at radius 3 is 2.25 bits per heavy atom. The summed E-state index contributed by atoms with van der Waals surface area (Å²) in [7, 11) is 0. The largest absolute Gasteiger partial charge is 0.476 e. The van der Waals surface area contributed by atoms with E-state index in [4.69, 9.17) is 27.9 Å². The van der Waals surface area contributed by atoms with Crippen LogP contribution in [0.5, 0.6) is 0 Å². The summed E-state index contributed by atoms with van der Waals surface area (Å²) < 4.78 is 5.83. The number of halogens is 2. The lowest BCUT2D eigenvalue weighted by Crippen LogP contribution is -2.50. The van der Waals surface area contributed by atoms with E-state index in [0.29, 0.717) is 15.6 Å². The van der Waals surface area contributed by atoms with Crippen molar-refractivity contribution in [3.63, 3.8) is 0 Å². The second kappa shape index (κ2) is 6.50. The van der Waals surface area contributed by atoms with Crippen molar-refractivity contribution in [2.45, 2.75) is 25.5 Å². The molecule has 5 heteroatoms. The van der Waals surface area contributed by atoms with Crippen molar-refractivity contribution in [1.82, 2.24) is 5.32 Å². The van der Waals surface area contributed by atoms with Gasteiger partial charge in [-0.25, -0.2) is 0 Å². The smallest absolute Gasteiger partial charge is 0.257 e. The number of carbonyl (C=O) groups excluding carboxylic acids is 1. The lowest BCUT2D eigenvalue weighted by Gasteiger charge is -2.37. The summed E-state index contributed by atoms with van der Waals surface area (Å²) >= 11 is 12.2. The van der Waals surface area contributed by atoms with Gasteiger partial charge in [-0.05, 0) is 29.3 Å². The lowest BCUT2D eigenvalue weighted by molar-refractivity contribution is -0.121. The van der Waals surface area contributed by atoms with Crippen LogP contribution in [0.2, 0.25) is 10.0 Å². The molecule has 0 aliphatic carbocycles. The average molecular weight is 362 g/mol. The van der Waals surface area contributed by atoms with Crippen LogP contribution in [0.15, 0.2) is 54.8 Å². The number of amides is 1. The van der Waals surface area contributed by atoms with Gasteiger partial charge in [-0.3, -0.25) is 4.79 Å². The van der Waals surface area contributed by atoms with Crippen LogP contribution in [0.4, 0.5) is 0 Å². The van der Waals surface area contributed by atoms with Gasteiger partial charge in [0, 0.05) is 15.5 Å². The minimum atomic E-state index is -0.521. The average Bonchev–Trinajstić information content (AvgIpc) is 2.54. The van der Waals surface area contributed by atoms with Gasteiger partial charge in [-0.2, -0.15) is 0 Å². The number of ether oxygens (including phenoxy) is 1. The number of hydrogen-bond acceptors (Lipinski definition) is 2. The quantitative estimate of drug-likeness (QED) is 0.853. The molecule has 0 aromatic heterocycles. The minimum Gasteiger partial charge on any atom is -0.476 e. The summed E-state index contributed by atoms with van der Waals surface area (Å²) in [5.41, 5.74) is 1.70. The Balaban J connectivity index is 1.89. The Morgan fingerprint density at radius 2 is 1.67 bits per heavy atom. The van der Waals surface area contributed by atoms with E-state index in [1.165, 1.54) is 6.26 Å². The maximum atomic E-state index is 12.5. The van der Waals surface area contributed by atoms with Gasteiger partial charge in [0.2, 0.25) is 0 Å². The molecule has 1 atom stereocenters. The molecule has 1 aliphatic heterocycles. The van der Waals surface area contributed by atoms with Crippen molar-refractivity contribution in [2.24, 2.45) is 0 Å². The van der Waals surface area contributed by atoms with E-state index in [9.17, 15) is 4.79 Å². The molecule has 124 valence electrons. The molecular weight excluding hydrogens is 345 g/mol. The molecule has 2 aromatic rings. The molecule has 1 N–H and O–H groups in total. The fourth-order valence-corrected chi connectivity index (χ4v) is 3.19. The molecule has 0 bridgehead atoms. The van der Waals surface area contributed by atoms with Crippen LogP contribution in [0, 0.1) is 0 Å². The zero-order chi connectivity index (χ0) is 17.3. The van der Waals surface area contributed by atoms with E-state index < -0.39 is 11.6 Å². The van der Waals surface area contributed by atoms with Crippen LogP contribution < -0.4 is 5.32 Å². The lowest BCUT2D eigenvalue weighted by atomic mass is 9.82. The summed E-state index contributed by atoms with van der Waals surface area (Å²) in [6, 6.07) is 14.8. The van der Waals surface area contributed by atoms with Gasteiger partial charge < -0.3 is 10.1 Å². The fraction of sp³-hybridized carbons (Fsp3) is 0.211. The molecule has 1 aliphatic rings. The predicted molar refractivity (Wildman–Crippen MR) is 96.9 cm³/mol. The van der Waals surface area contributed by atoms with Crippen LogP contribution in [-0.2, 0) is 14.9 Å². The Morgan fingerprint density at radius 1 is 1.04 bits per heavy atom. The topological polar surface area (TPSA) is 38.3 Å². The van der Waals surface area contributed by atoms with Gasteiger partial charge in [-0.15, -0.1) is 0 Å². The molecule has 1 heterocycles. The Hall–Kier alpha value is -1.97. The number of nitrogens with one attached hydrogen (secondary N) is 1. The first-order valence-corrected chi connectivity index (χ1v) is 8.32. The van der Waals surface area contributed by atoms with E-state index in [0.717, 1.165) is 11.1 Å². The van der Waals surface area contributed by atoms with Crippen molar-refractivity contribution in [2.75, 3.05) is 0 Å². The fourth-order valence-electron chi connectivity index (χ4n) is 2.67. The molecule has 1 unspecified atom stereocenters. The molecule has 3 rings (SSSR count). The third kappa shape index (κ3) is 3.28. The normalized spacial score (nSPS) is 17.8. The van der Waals surface area contributed by atoms with E-state index in [1.807, 2.05) is 56.3 Å². The second-order valence-corrected chi connectivity index (χ2v) is 7.14. The SMILES string of the molecule is CC(C)(c1cc(Cl)cc(Cl)c1)C1NC(=O)C(c2ccccc2)=CO1. The molecule has 24 heavy (non-hydrogen) atoms. The van der Waals surface area contributed by atoms with Gasteiger partial charge in [-0.1, -0.05) is 67.4 Å². The molecule has 0 spiro atoms. The Labute approximate surface area is 151 Å². The first-order valence-electron chi connectivity index (χ1n) is 7.56. The minimum absolute atomic E-state index is 0.168. The van der Waals surface area contributed by atoms with Crippen molar-refractivity contribution >= 4 is 34.7 Å². The van der Waals surface area contributed by atoms with Gasteiger partial charge in [0.05, 0.1) is 11.8 Å². The first kappa shape index (κ1) is 16.9. The number of rotatable bonds is 3. The molecule has 3 nitrogen and oxygen atoms in total. The van der Waals surface area contributed by atoms with Crippen molar-refractivity contribution < 1.29 is 9.53 Å². The van der Waals surface area contributed by atoms with Crippen molar-refractivity contribution in [3.8, 4) is 0 Å². The maximum Gasteiger partial charge on any atom is 0.257 e. The molecule has 2 aromatic carbocycles. The summed E-state index contributed by atoms with van der Waals surface area (Å²) in [4.78, 5) is 12.5. The van der Waals surface area contributed by atoms with Gasteiger partial charge in [0.1, 0.15) is 0 Å². The van der Waals surface area contributed by atoms with Crippen LogP contribution in [-0.4, -0.2) is 12.1 Å². The number of carbonyl (C=O) groups is 1. The monoisotopic (exact) mass is 361 g/mol. The molecular formula is C19H17Cl2NO2. The Kier molecular flexibility index (Phi) is 4.57. The summed E-state index contributed by atoms with van der Waals surface area (Å²) in [5, 5.41) is 4.03. The zero-order valence-electron chi connectivity index (χ0n) is 13.3. The van der Waals surface area contributed by atoms with Crippen LogP contribution >= 0.6 is 23.2 Å². The maximum absolute atomic E-state index is 12.5. The number of hydrogen-bond donors (Lipinski definition) is 1. The van der Waals surface area contributed by atoms with Gasteiger partial charge in [0.25, 0.3) is 5.91 Å². The number of benzene rings is 2. The predicted octanol–water partition coefficient (Wildman–Crippen LogP) is 4.78. The standard InChI is InChI=1S/C19H17Cl2NO2/c1-19(2,13-8-14(20)10-15(21)9-13)18-22-17(23)16(11-24-18)12-6-4-3-5-7-12/h3-11,18H,1-2H3,(H,22,23). The van der Waals surface area contributed by atoms with E-state index in [-0.39, 0.29) is 5.91 Å². The summed E-state index contributed by atoms with van der Waals surface area (Å²) in [5.74, 6) is -0.168. The summed E-state index contributed by atoms with van der Waals surface area (Å²) in [6.07, 6.45) is 0.999. The highest BCUT2D eigenvalue weighted by molar-refractivity contribution is 6.34. The van der Waals surface area contributed by atoms with Crippen molar-refractivity contribution in [3.05, 3.63) is 76.0 Å². The Bertz CT molecular complexity index is 780. The molecule has 0 radical (unpaired) electrons. The van der Waals surface area contributed by atoms with Gasteiger partial charge >= 0.3 is 0 Å². The van der Waals surface area contributed by atoms with Crippen LogP contribution in [0.1, 0.15) is 25.0 Å². The third-order valence-corrected chi connectivity index (χ3v) is 4.61. The van der Waals surface area contributed by atoms with Crippen LogP contribution in [0.25, 0.3) is 5.57 Å². The molecule has 0 saturated heterocycles. The van der Waals surface area contributed by atoms with E-state index in [1.54, 1.807) is 6.07 Å². The highest BCUT2D eigenvalue weighted by Gasteiger charge is 2.37. The third-order valence-electron chi connectivity index (χ3n) is 4.18. The van der Waals surface area contributed by atoms with Crippen LogP contribution in [0.3, 0.4) is 0 Å². The van der Waals surface area contributed by atoms with Crippen molar-refractivity contribution in [1.29, 1.82) is 0 Å². The highest BCUT2D eigenvalue weighted by atomic mass is 35.5. The van der Waals surface area contributed by atoms with Gasteiger partial charge in [0.15, 0.2) is 6.23 Å². The van der Waals surface area contributed by atoms with E-state index >= 15 is 0 Å². The first-order chi connectivity index (χ1) is 11.4. The molecule has 0 saturated carbocycles. The highest BCUT2D eigenvalue weighted by Crippen LogP contribution is 2.34. The summed E-state index contributed by atoms with van der Waals surface area (Å²) in [6.45, 7) is 3.95. The zero-order valence-corrected chi connectivity index (χ0v) is 14.9. The molecule has 1 amide bonds. The molecule has 0 fully saturated rings.